The lowest BCUT2D eigenvalue weighted by Gasteiger charge is -2.18. The van der Waals surface area contributed by atoms with E-state index in [-0.39, 0.29) is 23.6 Å². The van der Waals surface area contributed by atoms with E-state index in [0.29, 0.717) is 5.56 Å². The van der Waals surface area contributed by atoms with E-state index in [9.17, 15) is 22.4 Å². The third kappa shape index (κ3) is 4.61. The maximum absolute atomic E-state index is 13.7. The molecular weight excluding hydrogens is 330 g/mol. The molecule has 2 aromatic rings. The molecule has 0 atom stereocenters. The van der Waals surface area contributed by atoms with Gasteiger partial charge in [0.2, 0.25) is 0 Å². The number of amides is 1. The Balaban J connectivity index is 2.06. The van der Waals surface area contributed by atoms with E-state index in [1.54, 1.807) is 0 Å². The lowest BCUT2D eigenvalue weighted by molar-refractivity contribution is -0.274. The Kier molecular flexibility index (Phi) is 4.96. The summed E-state index contributed by atoms with van der Waals surface area (Å²) in [6.07, 6.45) is -4.77. The molecular formula is C16H13F4NO3. The molecule has 2 rings (SSSR count). The van der Waals surface area contributed by atoms with Crippen LogP contribution in [0.25, 0.3) is 0 Å². The van der Waals surface area contributed by atoms with Crippen LogP contribution >= 0.6 is 0 Å². The number of phenols is 1. The van der Waals surface area contributed by atoms with Gasteiger partial charge >= 0.3 is 6.36 Å². The molecule has 0 bridgehead atoms. The van der Waals surface area contributed by atoms with Gasteiger partial charge in [-0.25, -0.2) is 4.39 Å². The van der Waals surface area contributed by atoms with Crippen molar-refractivity contribution in [1.29, 1.82) is 0 Å². The summed E-state index contributed by atoms with van der Waals surface area (Å²) in [7, 11) is 1.43. The van der Waals surface area contributed by atoms with E-state index in [2.05, 4.69) is 4.74 Å². The van der Waals surface area contributed by atoms with Crippen LogP contribution < -0.4 is 4.74 Å². The molecule has 2 aromatic carbocycles. The van der Waals surface area contributed by atoms with Crippen LogP contribution in [0.5, 0.6) is 11.5 Å². The lowest BCUT2D eigenvalue weighted by atomic mass is 10.1. The third-order valence-electron chi connectivity index (χ3n) is 3.11. The zero-order valence-corrected chi connectivity index (χ0v) is 12.5. The third-order valence-corrected chi connectivity index (χ3v) is 3.11. The van der Waals surface area contributed by atoms with Gasteiger partial charge in [-0.15, -0.1) is 13.2 Å². The Morgan fingerprint density at radius 3 is 2.33 bits per heavy atom. The second-order valence-electron chi connectivity index (χ2n) is 5.02. The fourth-order valence-corrected chi connectivity index (χ4v) is 2.03. The van der Waals surface area contributed by atoms with Crippen molar-refractivity contribution >= 4 is 5.91 Å². The molecule has 128 valence electrons. The summed E-state index contributed by atoms with van der Waals surface area (Å²) in [6, 6.07) is 8.17. The summed E-state index contributed by atoms with van der Waals surface area (Å²) < 4.78 is 53.7. The van der Waals surface area contributed by atoms with Crippen LogP contribution in [0.4, 0.5) is 17.6 Å². The van der Waals surface area contributed by atoms with Gasteiger partial charge in [0.25, 0.3) is 5.91 Å². The van der Waals surface area contributed by atoms with E-state index < -0.39 is 18.1 Å². The summed E-state index contributed by atoms with van der Waals surface area (Å²) in [4.78, 5) is 13.4. The number of ether oxygens (including phenoxy) is 1. The van der Waals surface area contributed by atoms with E-state index in [1.807, 2.05) is 0 Å². The minimum absolute atomic E-state index is 0.0610. The van der Waals surface area contributed by atoms with Gasteiger partial charge in [-0.2, -0.15) is 0 Å². The van der Waals surface area contributed by atoms with Crippen LogP contribution in [-0.2, 0) is 6.54 Å². The van der Waals surface area contributed by atoms with Crippen molar-refractivity contribution in [3.8, 4) is 11.5 Å². The number of halogens is 4. The molecule has 0 saturated carbocycles. The fourth-order valence-electron chi connectivity index (χ4n) is 2.03. The summed E-state index contributed by atoms with van der Waals surface area (Å²) in [5, 5.41) is 9.14. The number of nitrogens with zero attached hydrogens (tertiary/aromatic N) is 1. The van der Waals surface area contributed by atoms with Crippen molar-refractivity contribution in [1.82, 2.24) is 4.90 Å². The first-order valence-electron chi connectivity index (χ1n) is 6.74. The summed E-state index contributed by atoms with van der Waals surface area (Å²) in [5.74, 6) is -2.15. The molecule has 0 heterocycles. The molecule has 8 heteroatoms. The van der Waals surface area contributed by atoms with Crippen LogP contribution in [0.15, 0.2) is 42.5 Å². The molecule has 0 unspecified atom stereocenters. The van der Waals surface area contributed by atoms with Gasteiger partial charge in [0, 0.05) is 19.7 Å². The van der Waals surface area contributed by atoms with Gasteiger partial charge < -0.3 is 14.7 Å². The summed E-state index contributed by atoms with van der Waals surface area (Å²) in [6.45, 7) is 0.0610. The number of benzene rings is 2. The van der Waals surface area contributed by atoms with Crippen molar-refractivity contribution < 1.29 is 32.2 Å². The minimum Gasteiger partial charge on any atom is -0.508 e. The van der Waals surface area contributed by atoms with Gasteiger partial charge in [0.1, 0.15) is 17.3 Å². The molecule has 0 aliphatic rings. The SMILES string of the molecule is CN(Cc1ccc(OC(F)(F)F)cc1)C(=O)c1ccc(O)cc1F. The normalized spacial score (nSPS) is 11.2. The fraction of sp³-hybridized carbons (Fsp3) is 0.188. The largest absolute Gasteiger partial charge is 0.573 e. The molecule has 0 saturated heterocycles. The Hall–Kier alpha value is -2.77. The Bertz CT molecular complexity index is 729. The topological polar surface area (TPSA) is 49.8 Å². The molecule has 1 N–H and O–H groups in total. The number of carbonyl (C=O) groups is 1. The zero-order valence-electron chi connectivity index (χ0n) is 12.5. The number of carbonyl (C=O) groups excluding carboxylic acids is 1. The van der Waals surface area contributed by atoms with Crippen LogP contribution in [0, 0.1) is 5.82 Å². The molecule has 1 amide bonds. The Morgan fingerprint density at radius 1 is 1.17 bits per heavy atom. The van der Waals surface area contributed by atoms with Crippen molar-refractivity contribution in [2.24, 2.45) is 0 Å². The average molecular weight is 343 g/mol. The number of aromatic hydroxyl groups is 1. The standard InChI is InChI=1S/C16H13F4NO3/c1-21(15(23)13-7-4-11(22)8-14(13)17)9-10-2-5-12(6-3-10)24-16(18,19)20/h2-8,22H,9H2,1H3. The molecule has 0 fully saturated rings. The first-order chi connectivity index (χ1) is 11.2. The maximum Gasteiger partial charge on any atom is 0.573 e. The number of phenolic OH excluding ortho intramolecular Hbond substituents is 1. The van der Waals surface area contributed by atoms with Gasteiger partial charge in [-0.1, -0.05) is 12.1 Å². The van der Waals surface area contributed by atoms with Crippen LogP contribution in [0.3, 0.4) is 0 Å². The molecule has 0 aliphatic heterocycles. The lowest BCUT2D eigenvalue weighted by Crippen LogP contribution is -2.27. The smallest absolute Gasteiger partial charge is 0.508 e. The average Bonchev–Trinajstić information content (AvgIpc) is 2.47. The second-order valence-corrected chi connectivity index (χ2v) is 5.02. The molecule has 0 spiro atoms. The predicted molar refractivity (Wildman–Crippen MR) is 77.0 cm³/mol. The number of hydrogen-bond donors (Lipinski definition) is 1. The quantitative estimate of drug-likeness (QED) is 0.861. The highest BCUT2D eigenvalue weighted by Gasteiger charge is 2.31. The summed E-state index contributed by atoms with van der Waals surface area (Å²) in [5.41, 5.74) is 0.326. The molecule has 0 aromatic heterocycles. The van der Waals surface area contributed by atoms with E-state index in [1.165, 1.54) is 30.1 Å². The van der Waals surface area contributed by atoms with Gasteiger partial charge in [-0.05, 0) is 29.8 Å². The maximum atomic E-state index is 13.7. The highest BCUT2D eigenvalue weighted by Crippen LogP contribution is 2.23. The first kappa shape index (κ1) is 17.6. The molecule has 0 aliphatic carbocycles. The zero-order chi connectivity index (χ0) is 17.9. The van der Waals surface area contributed by atoms with Crippen molar-refractivity contribution in [2.45, 2.75) is 12.9 Å². The minimum atomic E-state index is -4.77. The van der Waals surface area contributed by atoms with Crippen LogP contribution in [0.1, 0.15) is 15.9 Å². The predicted octanol–water partition coefficient (Wildman–Crippen LogP) is 3.70. The molecule has 0 radical (unpaired) electrons. The van der Waals surface area contributed by atoms with Crippen molar-refractivity contribution in [3.63, 3.8) is 0 Å². The van der Waals surface area contributed by atoms with Gasteiger partial charge in [0.05, 0.1) is 5.56 Å². The van der Waals surface area contributed by atoms with Gasteiger partial charge in [0.15, 0.2) is 0 Å². The van der Waals surface area contributed by atoms with Gasteiger partial charge in [-0.3, -0.25) is 4.79 Å². The van der Waals surface area contributed by atoms with Crippen LogP contribution in [0.2, 0.25) is 0 Å². The van der Waals surface area contributed by atoms with Crippen LogP contribution in [-0.4, -0.2) is 29.3 Å². The number of hydrogen-bond acceptors (Lipinski definition) is 3. The Morgan fingerprint density at radius 2 is 1.79 bits per heavy atom. The molecule has 24 heavy (non-hydrogen) atoms. The van der Waals surface area contributed by atoms with E-state index in [4.69, 9.17) is 5.11 Å². The summed E-state index contributed by atoms with van der Waals surface area (Å²) >= 11 is 0. The number of alkyl halides is 3. The highest BCUT2D eigenvalue weighted by atomic mass is 19.4. The monoisotopic (exact) mass is 343 g/mol. The number of rotatable bonds is 4. The Labute approximate surface area is 134 Å². The molecule has 4 nitrogen and oxygen atoms in total. The van der Waals surface area contributed by atoms with Crippen molar-refractivity contribution in [3.05, 3.63) is 59.4 Å². The van der Waals surface area contributed by atoms with Crippen molar-refractivity contribution in [2.75, 3.05) is 7.05 Å². The first-order valence-corrected chi connectivity index (χ1v) is 6.74. The van der Waals surface area contributed by atoms with E-state index in [0.717, 1.165) is 24.3 Å². The highest BCUT2D eigenvalue weighted by molar-refractivity contribution is 5.94. The second kappa shape index (κ2) is 6.77. The van der Waals surface area contributed by atoms with E-state index >= 15 is 0 Å².